The highest BCUT2D eigenvalue weighted by Gasteiger charge is 2.15. The van der Waals surface area contributed by atoms with Gasteiger partial charge in [0.15, 0.2) is 0 Å². The van der Waals surface area contributed by atoms with Crippen molar-refractivity contribution in [2.24, 2.45) is 5.92 Å². The van der Waals surface area contributed by atoms with Crippen LogP contribution in [0.3, 0.4) is 0 Å². The number of nitrogens with zero attached hydrogens (tertiary/aromatic N) is 3. The minimum absolute atomic E-state index is 0.124. The Labute approximate surface area is 144 Å². The number of carbonyl (C=O) groups excluding carboxylic acids is 1. The van der Waals surface area contributed by atoms with E-state index in [1.54, 1.807) is 6.08 Å². The third-order valence-electron chi connectivity index (χ3n) is 3.06. The van der Waals surface area contributed by atoms with Crippen molar-refractivity contribution < 1.29 is 14.5 Å². The third kappa shape index (κ3) is 4.87. The molecule has 0 atom stereocenters. The zero-order chi connectivity index (χ0) is 18.4. The summed E-state index contributed by atoms with van der Waals surface area (Å²) < 4.78 is 5.07. The van der Waals surface area contributed by atoms with E-state index in [2.05, 4.69) is 27.2 Å². The highest BCUT2D eigenvalue weighted by atomic mass is 16.6. The number of carbonyl (C=O) groups is 1. The summed E-state index contributed by atoms with van der Waals surface area (Å²) in [6, 6.07) is 4.15. The molecular formula is C16H19N5O4. The molecule has 0 fully saturated rings. The van der Waals surface area contributed by atoms with Gasteiger partial charge in [-0.1, -0.05) is 19.9 Å². The number of aromatic nitrogens is 2. The molecule has 0 aliphatic rings. The lowest BCUT2D eigenvalue weighted by Crippen LogP contribution is -2.18. The fourth-order valence-corrected chi connectivity index (χ4v) is 1.94. The van der Waals surface area contributed by atoms with Crippen LogP contribution in [0.25, 0.3) is 10.9 Å². The number of nitro benzene ring substituents is 1. The van der Waals surface area contributed by atoms with Crippen LogP contribution in [-0.4, -0.2) is 34.1 Å². The summed E-state index contributed by atoms with van der Waals surface area (Å²) in [7, 11) is 0. The second-order valence-electron chi connectivity index (χ2n) is 5.64. The minimum Gasteiger partial charge on any atom is -0.449 e. The van der Waals surface area contributed by atoms with Crippen LogP contribution in [0.1, 0.15) is 13.8 Å². The number of fused-ring (bicyclic) bond motifs is 1. The number of anilines is 2. The van der Waals surface area contributed by atoms with E-state index in [0.29, 0.717) is 17.4 Å². The predicted molar refractivity (Wildman–Crippen MR) is 94.7 cm³/mol. The van der Waals surface area contributed by atoms with Gasteiger partial charge in [-0.2, -0.15) is 4.98 Å². The molecule has 2 N–H and O–H groups in total. The van der Waals surface area contributed by atoms with Gasteiger partial charge in [-0.05, 0) is 12.0 Å². The van der Waals surface area contributed by atoms with Crippen LogP contribution in [0.4, 0.5) is 22.2 Å². The molecule has 0 aliphatic heterocycles. The number of nitrogens with one attached hydrogen (secondary N) is 2. The van der Waals surface area contributed by atoms with Crippen molar-refractivity contribution in [3.8, 4) is 0 Å². The van der Waals surface area contributed by atoms with E-state index in [1.807, 2.05) is 13.8 Å². The molecule has 1 aromatic heterocycles. The maximum absolute atomic E-state index is 11.9. The zero-order valence-corrected chi connectivity index (χ0v) is 14.0. The molecule has 2 rings (SSSR count). The molecule has 1 amide bonds. The van der Waals surface area contributed by atoms with E-state index in [9.17, 15) is 14.9 Å². The van der Waals surface area contributed by atoms with Crippen LogP contribution in [-0.2, 0) is 4.74 Å². The van der Waals surface area contributed by atoms with Gasteiger partial charge in [0.2, 0.25) is 5.95 Å². The van der Waals surface area contributed by atoms with Gasteiger partial charge in [-0.15, -0.1) is 6.58 Å². The number of nitro groups is 1. The van der Waals surface area contributed by atoms with E-state index in [0.717, 1.165) is 0 Å². The normalized spacial score (nSPS) is 10.5. The smallest absolute Gasteiger partial charge is 0.412 e. The summed E-state index contributed by atoms with van der Waals surface area (Å²) in [6.07, 6.45) is 0.947. The number of hydrogen-bond acceptors (Lipinski definition) is 7. The monoisotopic (exact) mass is 345 g/mol. The fraction of sp³-hybridized carbons (Fsp3) is 0.312. The molecule has 2 aromatic rings. The molecular weight excluding hydrogens is 326 g/mol. The molecule has 0 bridgehead atoms. The SMILES string of the molecule is C=CCNc1nc(NC(=O)OCC(C)C)c2cc([N+](=O)[O-])ccc2n1. The second-order valence-corrected chi connectivity index (χ2v) is 5.64. The van der Waals surface area contributed by atoms with Gasteiger partial charge in [-0.25, -0.2) is 9.78 Å². The van der Waals surface area contributed by atoms with E-state index in [4.69, 9.17) is 4.74 Å². The van der Waals surface area contributed by atoms with Crippen molar-refractivity contribution in [1.29, 1.82) is 0 Å². The van der Waals surface area contributed by atoms with E-state index < -0.39 is 11.0 Å². The molecule has 9 nitrogen and oxygen atoms in total. The van der Waals surface area contributed by atoms with Crippen LogP contribution in [0.15, 0.2) is 30.9 Å². The van der Waals surface area contributed by atoms with Gasteiger partial charge in [0.25, 0.3) is 5.69 Å². The predicted octanol–water partition coefficient (Wildman–Crippen LogP) is 3.34. The van der Waals surface area contributed by atoms with Gasteiger partial charge < -0.3 is 10.1 Å². The number of rotatable bonds is 7. The Bertz CT molecular complexity index is 806. The van der Waals surface area contributed by atoms with Crippen molar-refractivity contribution >= 4 is 34.4 Å². The highest BCUT2D eigenvalue weighted by Crippen LogP contribution is 2.26. The van der Waals surface area contributed by atoms with E-state index in [1.165, 1.54) is 18.2 Å². The van der Waals surface area contributed by atoms with Crippen molar-refractivity contribution in [3.05, 3.63) is 41.0 Å². The molecule has 9 heteroatoms. The van der Waals surface area contributed by atoms with E-state index >= 15 is 0 Å². The average Bonchev–Trinajstić information content (AvgIpc) is 2.57. The third-order valence-corrected chi connectivity index (χ3v) is 3.06. The first-order chi connectivity index (χ1) is 11.9. The zero-order valence-electron chi connectivity index (χ0n) is 14.0. The summed E-state index contributed by atoms with van der Waals surface area (Å²) in [5.41, 5.74) is 0.327. The van der Waals surface area contributed by atoms with Crippen molar-refractivity contribution in [2.75, 3.05) is 23.8 Å². The molecule has 0 spiro atoms. The molecule has 132 valence electrons. The Morgan fingerprint density at radius 3 is 2.84 bits per heavy atom. The average molecular weight is 345 g/mol. The van der Waals surface area contributed by atoms with Gasteiger partial charge in [0.1, 0.15) is 5.82 Å². The Balaban J connectivity index is 2.40. The van der Waals surface area contributed by atoms with Crippen LogP contribution in [0.5, 0.6) is 0 Å². The Morgan fingerprint density at radius 2 is 2.20 bits per heavy atom. The summed E-state index contributed by atoms with van der Waals surface area (Å²) in [4.78, 5) is 30.9. The summed E-state index contributed by atoms with van der Waals surface area (Å²) in [6.45, 7) is 8.09. The molecule has 0 unspecified atom stereocenters. The first-order valence-electron chi connectivity index (χ1n) is 7.65. The van der Waals surface area contributed by atoms with Gasteiger partial charge in [0.05, 0.1) is 22.4 Å². The number of amides is 1. The molecule has 1 heterocycles. The molecule has 25 heavy (non-hydrogen) atoms. The number of hydrogen-bond donors (Lipinski definition) is 2. The summed E-state index contributed by atoms with van der Waals surface area (Å²) in [5, 5.41) is 16.8. The first kappa shape index (κ1) is 18.1. The van der Waals surface area contributed by atoms with Crippen molar-refractivity contribution in [3.63, 3.8) is 0 Å². The number of benzene rings is 1. The maximum Gasteiger partial charge on any atom is 0.412 e. The Morgan fingerprint density at radius 1 is 1.44 bits per heavy atom. The quantitative estimate of drug-likeness (QED) is 0.448. The lowest BCUT2D eigenvalue weighted by Gasteiger charge is -2.11. The number of non-ortho nitro benzene ring substituents is 1. The summed E-state index contributed by atoms with van der Waals surface area (Å²) in [5.74, 6) is 0.577. The lowest BCUT2D eigenvalue weighted by atomic mass is 10.2. The number of ether oxygens (including phenoxy) is 1. The van der Waals surface area contributed by atoms with Crippen LogP contribution < -0.4 is 10.6 Å². The van der Waals surface area contributed by atoms with E-state index in [-0.39, 0.29) is 30.0 Å². The van der Waals surface area contributed by atoms with Crippen LogP contribution in [0, 0.1) is 16.0 Å². The second kappa shape index (κ2) is 8.04. The largest absolute Gasteiger partial charge is 0.449 e. The van der Waals surface area contributed by atoms with Crippen LogP contribution in [0.2, 0.25) is 0 Å². The highest BCUT2D eigenvalue weighted by molar-refractivity contribution is 5.98. The maximum atomic E-state index is 11.9. The molecule has 0 saturated carbocycles. The fourth-order valence-electron chi connectivity index (χ4n) is 1.94. The topological polar surface area (TPSA) is 119 Å². The standard InChI is InChI=1S/C16H19N5O4/c1-4-7-17-15-18-13-6-5-11(21(23)24)8-12(13)14(19-15)20-16(22)25-9-10(2)3/h4-6,8,10H,1,7,9H2,2-3H3,(H2,17,18,19,20,22). The lowest BCUT2D eigenvalue weighted by molar-refractivity contribution is -0.384. The minimum atomic E-state index is -0.685. The summed E-state index contributed by atoms with van der Waals surface area (Å²) >= 11 is 0. The van der Waals surface area contributed by atoms with Crippen molar-refractivity contribution in [1.82, 2.24) is 9.97 Å². The van der Waals surface area contributed by atoms with Gasteiger partial charge >= 0.3 is 6.09 Å². The first-order valence-corrected chi connectivity index (χ1v) is 7.65. The Hall–Kier alpha value is -3.23. The van der Waals surface area contributed by atoms with Crippen molar-refractivity contribution in [2.45, 2.75) is 13.8 Å². The molecule has 1 aromatic carbocycles. The molecule has 0 saturated heterocycles. The Kier molecular flexibility index (Phi) is 5.83. The molecule has 0 radical (unpaired) electrons. The molecule has 0 aliphatic carbocycles. The van der Waals surface area contributed by atoms with Gasteiger partial charge in [0, 0.05) is 18.7 Å². The van der Waals surface area contributed by atoms with Crippen LogP contribution >= 0.6 is 0 Å². The van der Waals surface area contributed by atoms with Gasteiger partial charge in [-0.3, -0.25) is 15.4 Å².